The molecule has 0 rings (SSSR count). The molecule has 0 saturated heterocycles. The minimum atomic E-state index is -5.59. The van der Waals surface area contributed by atoms with Gasteiger partial charge in [0.05, 0.1) is 6.61 Å². The highest BCUT2D eigenvalue weighted by Gasteiger charge is 2.57. The number of halogens is 5. The van der Waals surface area contributed by atoms with E-state index in [-0.39, 0.29) is 19.6 Å². The number of nitrogens with one attached hydrogen (secondary N) is 1. The van der Waals surface area contributed by atoms with Crippen LogP contribution in [0.4, 0.5) is 22.0 Å². The Morgan fingerprint density at radius 3 is 2.20 bits per heavy atom. The molecule has 8 heteroatoms. The summed E-state index contributed by atoms with van der Waals surface area (Å²) in [4.78, 5) is 0. The highest BCUT2D eigenvalue weighted by Crippen LogP contribution is 2.35. The second-order valence-corrected chi connectivity index (χ2v) is 5.00. The van der Waals surface area contributed by atoms with E-state index in [4.69, 9.17) is 0 Å². The van der Waals surface area contributed by atoms with Crippen LogP contribution in [0.5, 0.6) is 0 Å². The number of aliphatic hydroxyl groups excluding tert-OH is 1. The van der Waals surface area contributed by atoms with Crippen LogP contribution in [0.1, 0.15) is 33.1 Å². The molecule has 0 amide bonds. The Morgan fingerprint density at radius 2 is 1.75 bits per heavy atom. The number of hydrogen-bond acceptors (Lipinski definition) is 3. The predicted molar refractivity (Wildman–Crippen MR) is 64.8 cm³/mol. The molecule has 0 aliphatic carbocycles. The molecule has 2 N–H and O–H groups in total. The van der Waals surface area contributed by atoms with Crippen molar-refractivity contribution < 1.29 is 31.8 Å². The van der Waals surface area contributed by atoms with Gasteiger partial charge < -0.3 is 15.2 Å². The third-order valence-corrected chi connectivity index (χ3v) is 2.87. The Morgan fingerprint density at radius 1 is 1.15 bits per heavy atom. The summed E-state index contributed by atoms with van der Waals surface area (Å²) in [6.45, 7) is 2.36. The first-order chi connectivity index (χ1) is 9.08. The van der Waals surface area contributed by atoms with Gasteiger partial charge in [0.25, 0.3) is 0 Å². The van der Waals surface area contributed by atoms with Crippen LogP contribution in [0.3, 0.4) is 0 Å². The Hall–Kier alpha value is -0.470. The summed E-state index contributed by atoms with van der Waals surface area (Å²) in [5.74, 6) is -4.83. The fourth-order valence-corrected chi connectivity index (χ4v) is 1.50. The molecule has 1 unspecified atom stereocenters. The van der Waals surface area contributed by atoms with Crippen molar-refractivity contribution >= 4 is 0 Å². The molecule has 0 aromatic carbocycles. The van der Waals surface area contributed by atoms with Crippen molar-refractivity contribution in [2.24, 2.45) is 0 Å². The fourth-order valence-electron chi connectivity index (χ4n) is 1.50. The average molecular weight is 307 g/mol. The first-order valence-electron chi connectivity index (χ1n) is 6.46. The van der Waals surface area contributed by atoms with Crippen molar-refractivity contribution in [2.75, 3.05) is 26.4 Å². The smallest absolute Gasteiger partial charge is 0.394 e. The molecule has 20 heavy (non-hydrogen) atoms. The minimum absolute atomic E-state index is 0.147. The molecule has 0 spiro atoms. The zero-order valence-electron chi connectivity index (χ0n) is 11.7. The van der Waals surface area contributed by atoms with E-state index in [1.807, 2.05) is 6.92 Å². The lowest BCUT2D eigenvalue weighted by Gasteiger charge is -2.29. The van der Waals surface area contributed by atoms with Crippen molar-refractivity contribution in [3.05, 3.63) is 0 Å². The summed E-state index contributed by atoms with van der Waals surface area (Å²) >= 11 is 0. The maximum Gasteiger partial charge on any atom is 0.455 e. The Labute approximate surface area is 115 Å². The van der Waals surface area contributed by atoms with Gasteiger partial charge in [-0.15, -0.1) is 0 Å². The number of aliphatic hydroxyl groups is 1. The lowest BCUT2D eigenvalue weighted by atomic mass is 9.97. The molecule has 0 aliphatic rings. The summed E-state index contributed by atoms with van der Waals surface area (Å²) in [5, 5.41) is 12.3. The third-order valence-electron chi connectivity index (χ3n) is 2.87. The summed E-state index contributed by atoms with van der Waals surface area (Å²) in [7, 11) is 0. The quantitative estimate of drug-likeness (QED) is 0.482. The van der Waals surface area contributed by atoms with Gasteiger partial charge in [-0.2, -0.15) is 22.0 Å². The van der Waals surface area contributed by atoms with E-state index in [1.165, 1.54) is 0 Å². The van der Waals surface area contributed by atoms with E-state index in [1.54, 1.807) is 6.92 Å². The van der Waals surface area contributed by atoms with Crippen molar-refractivity contribution in [2.45, 2.75) is 50.7 Å². The van der Waals surface area contributed by atoms with Crippen molar-refractivity contribution in [3.8, 4) is 0 Å². The standard InChI is InChI=1S/C12H22F5NO2/c1-3-6-18-10(2,8-19)5-4-7-20-9-11(13,14)12(15,16)17/h18-19H,3-9H2,1-2H3. The molecule has 0 radical (unpaired) electrons. The van der Waals surface area contributed by atoms with Gasteiger partial charge in [-0.1, -0.05) is 6.92 Å². The van der Waals surface area contributed by atoms with E-state index in [9.17, 15) is 27.1 Å². The van der Waals surface area contributed by atoms with Gasteiger partial charge >= 0.3 is 12.1 Å². The van der Waals surface area contributed by atoms with E-state index in [2.05, 4.69) is 10.1 Å². The number of hydrogen-bond donors (Lipinski definition) is 2. The zero-order valence-corrected chi connectivity index (χ0v) is 11.7. The molecule has 0 fully saturated rings. The van der Waals surface area contributed by atoms with Crippen LogP contribution in [0.2, 0.25) is 0 Å². The van der Waals surface area contributed by atoms with Crippen LogP contribution < -0.4 is 5.32 Å². The highest BCUT2D eigenvalue weighted by atomic mass is 19.4. The minimum Gasteiger partial charge on any atom is -0.394 e. The Kier molecular flexibility index (Phi) is 7.90. The molecule has 1 atom stereocenters. The number of ether oxygens (including phenoxy) is 1. The van der Waals surface area contributed by atoms with E-state index in [0.29, 0.717) is 13.0 Å². The average Bonchev–Trinajstić information content (AvgIpc) is 2.34. The molecule has 0 heterocycles. The van der Waals surface area contributed by atoms with Crippen LogP contribution in [0.25, 0.3) is 0 Å². The third kappa shape index (κ3) is 6.81. The van der Waals surface area contributed by atoms with Gasteiger partial charge in [0.2, 0.25) is 0 Å². The van der Waals surface area contributed by atoms with Gasteiger partial charge in [-0.25, -0.2) is 0 Å². The molecule has 0 aliphatic heterocycles. The highest BCUT2D eigenvalue weighted by molar-refractivity contribution is 4.82. The molecule has 0 saturated carbocycles. The molecule has 0 aromatic heterocycles. The second-order valence-electron chi connectivity index (χ2n) is 5.00. The monoisotopic (exact) mass is 307 g/mol. The van der Waals surface area contributed by atoms with Crippen molar-refractivity contribution in [1.82, 2.24) is 5.32 Å². The summed E-state index contributed by atoms with van der Waals surface area (Å²) in [6, 6.07) is 0. The first-order valence-corrected chi connectivity index (χ1v) is 6.46. The van der Waals surface area contributed by atoms with Gasteiger partial charge in [0, 0.05) is 12.1 Å². The Balaban J connectivity index is 3.96. The van der Waals surface area contributed by atoms with Crippen LogP contribution in [0, 0.1) is 0 Å². The molecular formula is C12H22F5NO2. The Bertz CT molecular complexity index is 273. The normalized spacial score (nSPS) is 16.2. The summed E-state index contributed by atoms with van der Waals surface area (Å²) < 4.78 is 65.0. The van der Waals surface area contributed by atoms with E-state index < -0.39 is 24.2 Å². The van der Waals surface area contributed by atoms with Crippen molar-refractivity contribution in [1.29, 1.82) is 0 Å². The molecular weight excluding hydrogens is 285 g/mol. The van der Waals surface area contributed by atoms with Crippen LogP contribution in [-0.2, 0) is 4.74 Å². The van der Waals surface area contributed by atoms with Gasteiger partial charge in [0.15, 0.2) is 0 Å². The maximum absolute atomic E-state index is 12.5. The van der Waals surface area contributed by atoms with Gasteiger partial charge in [-0.05, 0) is 32.7 Å². The molecule has 122 valence electrons. The van der Waals surface area contributed by atoms with Crippen molar-refractivity contribution in [3.63, 3.8) is 0 Å². The van der Waals surface area contributed by atoms with Gasteiger partial charge in [0.1, 0.15) is 6.61 Å². The predicted octanol–water partition coefficient (Wildman–Crippen LogP) is 2.73. The van der Waals surface area contributed by atoms with Gasteiger partial charge in [-0.3, -0.25) is 0 Å². The van der Waals surface area contributed by atoms with Crippen LogP contribution in [0.15, 0.2) is 0 Å². The number of rotatable bonds is 10. The molecule has 0 bridgehead atoms. The van der Waals surface area contributed by atoms with Crippen LogP contribution >= 0.6 is 0 Å². The topological polar surface area (TPSA) is 41.5 Å². The summed E-state index contributed by atoms with van der Waals surface area (Å²) in [5.41, 5.74) is -0.577. The lowest BCUT2D eigenvalue weighted by molar-refractivity contribution is -0.296. The largest absolute Gasteiger partial charge is 0.455 e. The van der Waals surface area contributed by atoms with E-state index >= 15 is 0 Å². The number of alkyl halides is 5. The second kappa shape index (κ2) is 8.09. The molecule has 3 nitrogen and oxygen atoms in total. The lowest BCUT2D eigenvalue weighted by Crippen LogP contribution is -2.46. The fraction of sp³-hybridized carbons (Fsp3) is 1.00. The first kappa shape index (κ1) is 19.5. The maximum atomic E-state index is 12.5. The molecule has 0 aromatic rings. The SMILES string of the molecule is CCCNC(C)(CO)CCCOCC(F)(F)C(F)(F)F. The van der Waals surface area contributed by atoms with E-state index in [0.717, 1.165) is 6.42 Å². The van der Waals surface area contributed by atoms with Crippen LogP contribution in [-0.4, -0.2) is 49.1 Å². The zero-order chi connectivity index (χ0) is 15.9. The summed E-state index contributed by atoms with van der Waals surface area (Å²) in [6.07, 6.45) is -4.03.